The molecule has 2 rings (SSSR count). The number of halogens is 1. The van der Waals surface area contributed by atoms with Crippen LogP contribution in [0.5, 0.6) is 0 Å². The first-order valence-electron chi connectivity index (χ1n) is 4.68. The van der Waals surface area contributed by atoms with Gasteiger partial charge in [0, 0.05) is 18.7 Å². The van der Waals surface area contributed by atoms with E-state index in [1.165, 1.54) is 0 Å². The van der Waals surface area contributed by atoms with Crippen molar-refractivity contribution < 1.29 is 9.47 Å². The smallest absolute Gasteiger partial charge is 0.168 e. The van der Waals surface area contributed by atoms with Crippen molar-refractivity contribution in [1.29, 1.82) is 0 Å². The summed E-state index contributed by atoms with van der Waals surface area (Å²) in [5.41, 5.74) is 0. The third-order valence-electron chi connectivity index (χ3n) is 2.90. The van der Waals surface area contributed by atoms with Gasteiger partial charge in [-0.1, -0.05) is 0 Å². The minimum atomic E-state index is -0.206. The van der Waals surface area contributed by atoms with Crippen molar-refractivity contribution in [1.82, 2.24) is 0 Å². The van der Waals surface area contributed by atoms with Crippen LogP contribution in [0, 0.1) is 5.92 Å². The molecule has 1 saturated heterocycles. The van der Waals surface area contributed by atoms with Crippen LogP contribution in [0.15, 0.2) is 0 Å². The predicted octanol–water partition coefficient (Wildman–Crippen LogP) is 2.16. The van der Waals surface area contributed by atoms with Crippen LogP contribution >= 0.6 is 11.6 Å². The monoisotopic (exact) mass is 190 g/mol. The summed E-state index contributed by atoms with van der Waals surface area (Å²) in [5.74, 6) is 1.27. The van der Waals surface area contributed by atoms with E-state index in [0.29, 0.717) is 5.92 Å². The highest BCUT2D eigenvalue weighted by Crippen LogP contribution is 2.38. The number of rotatable bonds is 1. The molecule has 0 amide bonds. The SMILES string of the molecule is ClCC1CCC2(CC1)OCCO2. The topological polar surface area (TPSA) is 18.5 Å². The van der Waals surface area contributed by atoms with Crippen LogP contribution in [0.2, 0.25) is 0 Å². The lowest BCUT2D eigenvalue weighted by Gasteiger charge is -2.34. The number of alkyl halides is 1. The zero-order valence-corrected chi connectivity index (χ0v) is 7.98. The number of hydrogen-bond acceptors (Lipinski definition) is 2. The Morgan fingerprint density at radius 3 is 2.25 bits per heavy atom. The third kappa shape index (κ3) is 1.61. The Morgan fingerprint density at radius 1 is 1.17 bits per heavy atom. The van der Waals surface area contributed by atoms with Crippen molar-refractivity contribution in [3.8, 4) is 0 Å². The Balaban J connectivity index is 1.88. The van der Waals surface area contributed by atoms with E-state index in [1.54, 1.807) is 0 Å². The average Bonchev–Trinajstić information content (AvgIpc) is 2.55. The molecule has 1 heterocycles. The number of hydrogen-bond donors (Lipinski definition) is 0. The Hall–Kier alpha value is 0.210. The van der Waals surface area contributed by atoms with E-state index >= 15 is 0 Å². The van der Waals surface area contributed by atoms with Crippen LogP contribution in [0.4, 0.5) is 0 Å². The predicted molar refractivity (Wildman–Crippen MR) is 47.3 cm³/mol. The fourth-order valence-corrected chi connectivity index (χ4v) is 2.37. The standard InChI is InChI=1S/C9H15ClO2/c10-7-8-1-3-9(4-2-8)11-5-6-12-9/h8H,1-7H2. The normalized spacial score (nSPS) is 29.8. The maximum absolute atomic E-state index is 5.79. The largest absolute Gasteiger partial charge is 0.348 e. The van der Waals surface area contributed by atoms with Crippen molar-refractivity contribution in [2.75, 3.05) is 19.1 Å². The summed E-state index contributed by atoms with van der Waals surface area (Å²) < 4.78 is 11.2. The summed E-state index contributed by atoms with van der Waals surface area (Å²) in [4.78, 5) is 0. The van der Waals surface area contributed by atoms with E-state index in [4.69, 9.17) is 21.1 Å². The van der Waals surface area contributed by atoms with Gasteiger partial charge in [-0.15, -0.1) is 11.6 Å². The van der Waals surface area contributed by atoms with Gasteiger partial charge in [-0.3, -0.25) is 0 Å². The van der Waals surface area contributed by atoms with E-state index in [0.717, 1.165) is 44.8 Å². The third-order valence-corrected chi connectivity index (χ3v) is 3.34. The summed E-state index contributed by atoms with van der Waals surface area (Å²) >= 11 is 5.79. The van der Waals surface area contributed by atoms with Crippen LogP contribution in [0.25, 0.3) is 0 Å². The van der Waals surface area contributed by atoms with Gasteiger partial charge in [0.1, 0.15) is 0 Å². The Kier molecular flexibility index (Phi) is 2.58. The summed E-state index contributed by atoms with van der Waals surface area (Å²) in [7, 11) is 0. The van der Waals surface area contributed by atoms with Gasteiger partial charge in [-0.25, -0.2) is 0 Å². The maximum atomic E-state index is 5.79. The second-order valence-corrected chi connectivity index (χ2v) is 4.01. The van der Waals surface area contributed by atoms with Gasteiger partial charge in [0.25, 0.3) is 0 Å². The Labute approximate surface area is 78.2 Å². The van der Waals surface area contributed by atoms with Gasteiger partial charge in [-0.05, 0) is 18.8 Å². The van der Waals surface area contributed by atoms with E-state index in [1.807, 2.05) is 0 Å². The molecule has 12 heavy (non-hydrogen) atoms. The molecule has 2 fully saturated rings. The number of ether oxygens (including phenoxy) is 2. The van der Waals surface area contributed by atoms with Crippen molar-refractivity contribution >= 4 is 11.6 Å². The van der Waals surface area contributed by atoms with Crippen molar-refractivity contribution in [2.24, 2.45) is 5.92 Å². The van der Waals surface area contributed by atoms with Crippen LogP contribution in [0.1, 0.15) is 25.7 Å². The molecule has 0 radical (unpaired) electrons. The minimum absolute atomic E-state index is 0.206. The summed E-state index contributed by atoms with van der Waals surface area (Å²) in [5, 5.41) is 0. The van der Waals surface area contributed by atoms with Crippen molar-refractivity contribution in [2.45, 2.75) is 31.5 Å². The molecule has 0 aromatic rings. The summed E-state index contributed by atoms with van der Waals surface area (Å²) in [6, 6.07) is 0. The second kappa shape index (κ2) is 3.52. The van der Waals surface area contributed by atoms with Crippen molar-refractivity contribution in [3.63, 3.8) is 0 Å². The summed E-state index contributed by atoms with van der Waals surface area (Å²) in [6.07, 6.45) is 4.38. The molecule has 0 unspecified atom stereocenters. The molecule has 1 saturated carbocycles. The Bertz CT molecular complexity index is 145. The van der Waals surface area contributed by atoms with Crippen LogP contribution in [-0.2, 0) is 9.47 Å². The zero-order chi connectivity index (χ0) is 8.44. The van der Waals surface area contributed by atoms with Crippen LogP contribution in [0.3, 0.4) is 0 Å². The van der Waals surface area contributed by atoms with Crippen molar-refractivity contribution in [3.05, 3.63) is 0 Å². The highest BCUT2D eigenvalue weighted by molar-refractivity contribution is 6.18. The van der Waals surface area contributed by atoms with Gasteiger partial charge in [-0.2, -0.15) is 0 Å². The molecule has 1 aliphatic heterocycles. The lowest BCUT2D eigenvalue weighted by Crippen LogP contribution is -2.35. The summed E-state index contributed by atoms with van der Waals surface area (Å²) in [6.45, 7) is 1.54. The fraction of sp³-hybridized carbons (Fsp3) is 1.00. The van der Waals surface area contributed by atoms with E-state index in [2.05, 4.69) is 0 Å². The minimum Gasteiger partial charge on any atom is -0.348 e. The molecule has 3 heteroatoms. The van der Waals surface area contributed by atoms with Gasteiger partial charge in [0.2, 0.25) is 0 Å². The Morgan fingerprint density at radius 2 is 1.75 bits per heavy atom. The molecule has 2 aliphatic rings. The van der Waals surface area contributed by atoms with Gasteiger partial charge >= 0.3 is 0 Å². The highest BCUT2D eigenvalue weighted by Gasteiger charge is 2.39. The average molecular weight is 191 g/mol. The molecule has 1 spiro atoms. The molecular formula is C9H15ClO2. The lowest BCUT2D eigenvalue weighted by molar-refractivity contribution is -0.181. The molecule has 0 aromatic carbocycles. The molecule has 0 bridgehead atoms. The molecule has 0 atom stereocenters. The van der Waals surface area contributed by atoms with E-state index in [-0.39, 0.29) is 5.79 Å². The van der Waals surface area contributed by atoms with Crippen LogP contribution in [-0.4, -0.2) is 24.9 Å². The second-order valence-electron chi connectivity index (χ2n) is 3.71. The van der Waals surface area contributed by atoms with Gasteiger partial charge in [0.15, 0.2) is 5.79 Å². The first-order chi connectivity index (χ1) is 5.85. The van der Waals surface area contributed by atoms with E-state index < -0.39 is 0 Å². The van der Waals surface area contributed by atoms with Crippen LogP contribution < -0.4 is 0 Å². The molecule has 70 valence electrons. The first-order valence-corrected chi connectivity index (χ1v) is 5.22. The molecule has 1 aliphatic carbocycles. The van der Waals surface area contributed by atoms with E-state index in [9.17, 15) is 0 Å². The highest BCUT2D eigenvalue weighted by atomic mass is 35.5. The maximum Gasteiger partial charge on any atom is 0.168 e. The van der Waals surface area contributed by atoms with Gasteiger partial charge in [0.05, 0.1) is 13.2 Å². The molecular weight excluding hydrogens is 176 g/mol. The molecule has 0 aromatic heterocycles. The molecule has 2 nitrogen and oxygen atoms in total. The molecule has 0 N–H and O–H groups in total. The van der Waals surface area contributed by atoms with Gasteiger partial charge < -0.3 is 9.47 Å². The quantitative estimate of drug-likeness (QED) is 0.590. The lowest BCUT2D eigenvalue weighted by atomic mass is 9.86. The fourth-order valence-electron chi connectivity index (χ4n) is 2.06. The zero-order valence-electron chi connectivity index (χ0n) is 7.22. The first kappa shape index (κ1) is 8.79.